The number of rotatable bonds is 9. The number of nitrogens with zero attached hydrogens (tertiary/aromatic N) is 2. The van der Waals surface area contributed by atoms with E-state index < -0.39 is 0 Å². The third-order valence-corrected chi connectivity index (χ3v) is 6.87. The molecule has 31 heavy (non-hydrogen) atoms. The number of thiophene rings is 1. The minimum Gasteiger partial charge on any atom is -0.497 e. The van der Waals surface area contributed by atoms with Gasteiger partial charge in [-0.3, -0.25) is 14.5 Å². The maximum atomic E-state index is 13.0. The first-order valence-electron chi connectivity index (χ1n) is 11.1. The highest BCUT2D eigenvalue weighted by Gasteiger charge is 2.30. The van der Waals surface area contributed by atoms with Crippen LogP contribution in [0.1, 0.15) is 48.0 Å². The van der Waals surface area contributed by atoms with Crippen molar-refractivity contribution in [3.8, 4) is 5.75 Å². The van der Waals surface area contributed by atoms with E-state index in [9.17, 15) is 9.59 Å². The maximum absolute atomic E-state index is 13.0. The summed E-state index contributed by atoms with van der Waals surface area (Å²) in [5, 5.41) is 5.09. The molecule has 2 unspecified atom stereocenters. The molecule has 1 N–H and O–H groups in total. The van der Waals surface area contributed by atoms with Crippen LogP contribution in [0.4, 0.5) is 0 Å². The van der Waals surface area contributed by atoms with Gasteiger partial charge in [0.05, 0.1) is 23.9 Å². The molecule has 1 aliphatic rings. The number of likely N-dealkylation sites (N-methyl/N-ethyl adjacent to an activating group) is 1. The number of likely N-dealkylation sites (tertiary alicyclic amines) is 1. The molecule has 2 aromatic rings. The average molecular weight is 444 g/mol. The molecule has 1 saturated heterocycles. The van der Waals surface area contributed by atoms with Crippen LogP contribution in [0.15, 0.2) is 41.8 Å². The summed E-state index contributed by atoms with van der Waals surface area (Å²) in [4.78, 5) is 30.6. The number of carbonyl (C=O) groups is 2. The van der Waals surface area contributed by atoms with Crippen LogP contribution in [0.25, 0.3) is 0 Å². The summed E-state index contributed by atoms with van der Waals surface area (Å²) in [6, 6.07) is 11.8. The van der Waals surface area contributed by atoms with Crippen molar-refractivity contribution < 1.29 is 14.3 Å². The van der Waals surface area contributed by atoms with Gasteiger partial charge in [0.1, 0.15) is 5.75 Å². The second-order valence-corrected chi connectivity index (χ2v) is 8.77. The molecule has 0 aliphatic carbocycles. The average Bonchev–Trinajstić information content (AvgIpc) is 3.36. The van der Waals surface area contributed by atoms with E-state index in [0.29, 0.717) is 19.6 Å². The monoisotopic (exact) mass is 443 g/mol. The lowest BCUT2D eigenvalue weighted by molar-refractivity contribution is -0.126. The molecule has 1 aliphatic heterocycles. The van der Waals surface area contributed by atoms with Crippen LogP contribution in [0.3, 0.4) is 0 Å². The highest BCUT2D eigenvalue weighted by atomic mass is 32.1. The van der Waals surface area contributed by atoms with Crippen LogP contribution in [-0.2, 0) is 4.79 Å². The molecule has 0 saturated carbocycles. The first-order chi connectivity index (χ1) is 15.1. The molecule has 2 heterocycles. The number of ether oxygens (including phenoxy) is 1. The van der Waals surface area contributed by atoms with Gasteiger partial charge in [-0.1, -0.05) is 32.0 Å². The number of carbonyl (C=O) groups excluding carboxylic acids is 2. The molecule has 0 bridgehead atoms. The topological polar surface area (TPSA) is 61.9 Å². The van der Waals surface area contributed by atoms with E-state index in [4.69, 9.17) is 4.74 Å². The van der Waals surface area contributed by atoms with E-state index in [-0.39, 0.29) is 23.8 Å². The zero-order valence-electron chi connectivity index (χ0n) is 18.7. The van der Waals surface area contributed by atoms with Crippen LogP contribution < -0.4 is 10.1 Å². The molecule has 1 fully saturated rings. The first-order valence-corrected chi connectivity index (χ1v) is 11.9. The van der Waals surface area contributed by atoms with Crippen molar-refractivity contribution in [2.24, 2.45) is 5.92 Å². The number of benzene rings is 1. The fourth-order valence-electron chi connectivity index (χ4n) is 4.24. The summed E-state index contributed by atoms with van der Waals surface area (Å²) in [5.74, 6) is 0.713. The van der Waals surface area contributed by atoms with Crippen molar-refractivity contribution in [1.29, 1.82) is 0 Å². The van der Waals surface area contributed by atoms with Gasteiger partial charge in [-0.05, 0) is 55.1 Å². The Bertz CT molecular complexity index is 852. The highest BCUT2D eigenvalue weighted by Crippen LogP contribution is 2.25. The van der Waals surface area contributed by atoms with E-state index >= 15 is 0 Å². The van der Waals surface area contributed by atoms with Gasteiger partial charge in [0.15, 0.2) is 0 Å². The van der Waals surface area contributed by atoms with Gasteiger partial charge in [-0.25, -0.2) is 0 Å². The molecule has 0 spiro atoms. The molecule has 0 radical (unpaired) electrons. The Labute approximate surface area is 189 Å². The van der Waals surface area contributed by atoms with E-state index in [1.165, 1.54) is 11.3 Å². The largest absolute Gasteiger partial charge is 0.497 e. The molecule has 1 aromatic heterocycles. The van der Waals surface area contributed by atoms with E-state index in [1.54, 1.807) is 7.11 Å². The number of methoxy groups -OCH3 is 1. The summed E-state index contributed by atoms with van der Waals surface area (Å²) in [6.45, 7) is 7.77. The molecule has 2 atom stereocenters. The van der Waals surface area contributed by atoms with Gasteiger partial charge < -0.3 is 15.0 Å². The van der Waals surface area contributed by atoms with Crippen molar-refractivity contribution in [3.63, 3.8) is 0 Å². The minimum atomic E-state index is -0.166. The number of hydrogen-bond acceptors (Lipinski definition) is 5. The van der Waals surface area contributed by atoms with Crippen LogP contribution in [0, 0.1) is 5.92 Å². The Morgan fingerprint density at radius 2 is 2.06 bits per heavy atom. The molecular formula is C24H33N3O3S. The SMILES string of the molecule is CCN(CC)C(CNC(=O)C1CCCN(C(=O)c2cccs2)C1)c1cccc(OC)c1. The summed E-state index contributed by atoms with van der Waals surface area (Å²) in [6.07, 6.45) is 1.67. The first kappa shape index (κ1) is 23.3. The smallest absolute Gasteiger partial charge is 0.263 e. The molecule has 6 nitrogen and oxygen atoms in total. The number of piperidine rings is 1. The van der Waals surface area contributed by atoms with Crippen molar-refractivity contribution in [1.82, 2.24) is 15.1 Å². The zero-order valence-corrected chi connectivity index (χ0v) is 19.5. The normalized spacial score (nSPS) is 17.4. The number of hydrogen-bond donors (Lipinski definition) is 1. The van der Waals surface area contributed by atoms with Gasteiger partial charge in [0, 0.05) is 19.6 Å². The molecule has 7 heteroatoms. The molecule has 1 aromatic carbocycles. The fourth-order valence-corrected chi connectivity index (χ4v) is 4.94. The summed E-state index contributed by atoms with van der Waals surface area (Å²) >= 11 is 1.45. The fraction of sp³-hybridized carbons (Fsp3) is 0.500. The van der Waals surface area contributed by atoms with E-state index in [0.717, 1.165) is 42.1 Å². The third kappa shape index (κ3) is 5.86. The Hall–Kier alpha value is -2.38. The van der Waals surface area contributed by atoms with Crippen LogP contribution in [0.5, 0.6) is 5.75 Å². The molecule has 168 valence electrons. The second kappa shape index (κ2) is 11.3. The van der Waals surface area contributed by atoms with Crippen molar-refractivity contribution in [2.45, 2.75) is 32.7 Å². The van der Waals surface area contributed by atoms with Gasteiger partial charge in [-0.2, -0.15) is 0 Å². The van der Waals surface area contributed by atoms with Gasteiger partial charge in [-0.15, -0.1) is 11.3 Å². The van der Waals surface area contributed by atoms with Gasteiger partial charge in [0.25, 0.3) is 5.91 Å². The Kier molecular flexibility index (Phi) is 8.49. The second-order valence-electron chi connectivity index (χ2n) is 7.83. The third-order valence-electron chi connectivity index (χ3n) is 6.01. The quantitative estimate of drug-likeness (QED) is 0.640. The number of amides is 2. The molecule has 3 rings (SSSR count). The standard InChI is InChI=1S/C24H33N3O3S/c1-4-26(5-2)21(18-9-6-11-20(15-18)30-3)16-25-23(28)19-10-7-13-27(17-19)24(29)22-12-8-14-31-22/h6,8-9,11-12,14-15,19,21H,4-5,7,10,13,16-17H2,1-3H3,(H,25,28). The van der Waals surface area contributed by atoms with Crippen molar-refractivity contribution in [2.75, 3.05) is 39.8 Å². The minimum absolute atomic E-state index is 0.0312. The van der Waals surface area contributed by atoms with Crippen molar-refractivity contribution in [3.05, 3.63) is 52.2 Å². The van der Waals surface area contributed by atoms with E-state index in [1.807, 2.05) is 40.6 Å². The van der Waals surface area contributed by atoms with Crippen LogP contribution in [-0.4, -0.2) is 61.4 Å². The zero-order chi connectivity index (χ0) is 22.2. The lowest BCUT2D eigenvalue weighted by Gasteiger charge is -2.33. The maximum Gasteiger partial charge on any atom is 0.263 e. The predicted molar refractivity (Wildman–Crippen MR) is 125 cm³/mol. The molecular weight excluding hydrogens is 410 g/mol. The van der Waals surface area contributed by atoms with Crippen LogP contribution >= 0.6 is 11.3 Å². The van der Waals surface area contributed by atoms with E-state index in [2.05, 4.69) is 30.1 Å². The Morgan fingerprint density at radius 1 is 1.26 bits per heavy atom. The summed E-state index contributed by atoms with van der Waals surface area (Å²) in [5.41, 5.74) is 1.13. The summed E-state index contributed by atoms with van der Waals surface area (Å²) in [7, 11) is 1.67. The number of nitrogens with one attached hydrogen (secondary N) is 1. The Morgan fingerprint density at radius 3 is 2.74 bits per heavy atom. The lowest BCUT2D eigenvalue weighted by Crippen LogP contribution is -2.47. The van der Waals surface area contributed by atoms with Crippen LogP contribution in [0.2, 0.25) is 0 Å². The predicted octanol–water partition coefficient (Wildman–Crippen LogP) is 3.81. The summed E-state index contributed by atoms with van der Waals surface area (Å²) < 4.78 is 5.40. The lowest BCUT2D eigenvalue weighted by atomic mass is 9.96. The van der Waals surface area contributed by atoms with Gasteiger partial charge >= 0.3 is 0 Å². The van der Waals surface area contributed by atoms with Gasteiger partial charge in [0.2, 0.25) is 5.91 Å². The highest BCUT2D eigenvalue weighted by molar-refractivity contribution is 7.12. The Balaban J connectivity index is 1.65. The molecule has 2 amide bonds. The van der Waals surface area contributed by atoms with Crippen molar-refractivity contribution >= 4 is 23.2 Å².